The second-order valence-corrected chi connectivity index (χ2v) is 6.57. The van der Waals surface area contributed by atoms with Crippen LogP contribution in [0.3, 0.4) is 0 Å². The molecule has 115 valence electrons. The second kappa shape index (κ2) is 19.2. The number of halogens is 2. The van der Waals surface area contributed by atoms with E-state index in [9.17, 15) is 0 Å². The van der Waals surface area contributed by atoms with Crippen molar-refractivity contribution in [3.8, 4) is 0 Å². The van der Waals surface area contributed by atoms with E-state index in [1.54, 1.807) is 0 Å². The number of allylic oxidation sites excluding steroid dienone is 8. The Bertz CT molecular complexity index is 455. The van der Waals surface area contributed by atoms with Crippen molar-refractivity contribution >= 4 is 21.0 Å². The molecule has 0 spiro atoms. The fourth-order valence-corrected chi connectivity index (χ4v) is 1.56. The minimum absolute atomic E-state index is 0. The topological polar surface area (TPSA) is 0 Å². The van der Waals surface area contributed by atoms with Crippen LogP contribution >= 0.6 is 0 Å². The zero-order valence-electron chi connectivity index (χ0n) is 13.0. The standard InChI is InChI=1S/C11H9.C5H5.C2H7Ge.2ClH.Zr/c1-2-6-10(7-3-1)11-8-4-5-9-11;1-2-4-5-3-1;1-3-2;;;/h1-4,6-8H,5H2;1-3H,4H2;3H,1-2H3;2*1H;/q2*-1;;;;+4/p-2. The van der Waals surface area contributed by atoms with E-state index in [2.05, 4.69) is 66.2 Å². The zero-order valence-corrected chi connectivity index (χ0v) is 19.4. The Morgan fingerprint density at radius 3 is 1.95 bits per heavy atom. The quantitative estimate of drug-likeness (QED) is 0.351. The van der Waals surface area contributed by atoms with Crippen LogP contribution in [0.4, 0.5) is 0 Å². The molecule has 0 fully saturated rings. The maximum atomic E-state index is 3.28. The Kier molecular flexibility index (Phi) is 23.7. The summed E-state index contributed by atoms with van der Waals surface area (Å²) in [4.78, 5) is 0. The molecule has 1 radical (unpaired) electrons. The average molecular weight is 472 g/mol. The zero-order chi connectivity index (χ0) is 13.8. The Labute approximate surface area is 173 Å². The minimum atomic E-state index is 0. The molecule has 3 rings (SSSR count). The molecule has 0 amide bonds. The van der Waals surface area contributed by atoms with Gasteiger partial charge in [-0.2, -0.15) is 23.8 Å². The molecule has 4 heteroatoms. The van der Waals surface area contributed by atoms with E-state index < -0.39 is 0 Å². The molecule has 0 aliphatic heterocycles. The van der Waals surface area contributed by atoms with Gasteiger partial charge in [-0.1, -0.05) is 24.6 Å². The molecule has 1 aromatic rings. The molecule has 0 aromatic heterocycles. The van der Waals surface area contributed by atoms with E-state index in [0.717, 1.165) is 12.8 Å². The van der Waals surface area contributed by atoms with E-state index in [1.165, 1.54) is 11.1 Å². The van der Waals surface area contributed by atoms with Gasteiger partial charge in [0.1, 0.15) is 0 Å². The van der Waals surface area contributed by atoms with Crippen LogP contribution in [0, 0.1) is 12.2 Å². The summed E-state index contributed by atoms with van der Waals surface area (Å²) in [5.74, 6) is 4.56. The van der Waals surface area contributed by atoms with Crippen LogP contribution in [-0.2, 0) is 26.2 Å². The van der Waals surface area contributed by atoms with E-state index in [-0.39, 0.29) is 51.0 Å². The van der Waals surface area contributed by atoms with Gasteiger partial charge in [-0.3, -0.25) is 6.08 Å². The van der Waals surface area contributed by atoms with E-state index >= 15 is 0 Å². The summed E-state index contributed by atoms with van der Waals surface area (Å²) in [5, 5.41) is 0. The maximum absolute atomic E-state index is 3.28. The molecule has 0 saturated carbocycles. The van der Waals surface area contributed by atoms with Crippen molar-refractivity contribution in [1.29, 1.82) is 0 Å². The Morgan fingerprint density at radius 2 is 1.59 bits per heavy atom. The van der Waals surface area contributed by atoms with Crippen LogP contribution in [0.15, 0.2) is 60.7 Å². The number of benzene rings is 1. The third-order valence-electron chi connectivity index (χ3n) is 2.37. The van der Waals surface area contributed by atoms with Crippen LogP contribution in [0.25, 0.3) is 5.57 Å². The largest absolute Gasteiger partial charge is 4.00 e. The first-order valence-electron chi connectivity index (χ1n) is 6.67. The van der Waals surface area contributed by atoms with Gasteiger partial charge < -0.3 is 24.8 Å². The smallest absolute Gasteiger partial charge is 1.00 e. The average Bonchev–Trinajstić information content (AvgIpc) is 3.17. The summed E-state index contributed by atoms with van der Waals surface area (Å²) in [6.45, 7) is 0. The van der Waals surface area contributed by atoms with Crippen molar-refractivity contribution in [3.63, 3.8) is 0 Å². The summed E-state index contributed by atoms with van der Waals surface area (Å²) >= 11 is 0.312. The molecule has 2 aliphatic carbocycles. The van der Waals surface area contributed by atoms with Gasteiger partial charge in [0.05, 0.1) is 0 Å². The van der Waals surface area contributed by atoms with Crippen molar-refractivity contribution in [1.82, 2.24) is 0 Å². The van der Waals surface area contributed by atoms with Gasteiger partial charge in [-0.25, -0.2) is 12.2 Å². The molecule has 22 heavy (non-hydrogen) atoms. The Morgan fingerprint density at radius 1 is 0.955 bits per heavy atom. The van der Waals surface area contributed by atoms with Crippen molar-refractivity contribution in [2.45, 2.75) is 24.4 Å². The molecule has 0 nitrogen and oxygen atoms in total. The van der Waals surface area contributed by atoms with Crippen molar-refractivity contribution < 1.29 is 51.0 Å². The second-order valence-electron chi connectivity index (χ2n) is 4.14. The van der Waals surface area contributed by atoms with E-state index in [4.69, 9.17) is 0 Å². The van der Waals surface area contributed by atoms with E-state index in [0.29, 0.717) is 15.4 Å². The summed E-state index contributed by atoms with van der Waals surface area (Å²) in [6, 6.07) is 10.4. The third-order valence-corrected chi connectivity index (χ3v) is 2.37. The maximum Gasteiger partial charge on any atom is 4.00 e. The summed E-state index contributed by atoms with van der Waals surface area (Å²) < 4.78 is 0. The number of hydrogen-bond acceptors (Lipinski definition) is 0. The molecule has 0 saturated heterocycles. The SMILES string of the molecule is [C-]1=C(c2ccccc2)C=CC1.[C-]1=CC=CC1.[CH3][GeH][CH3].[Cl-].[Cl-].[Zr+4]. The van der Waals surface area contributed by atoms with Gasteiger partial charge in [0, 0.05) is 0 Å². The van der Waals surface area contributed by atoms with Gasteiger partial charge >= 0.3 is 53.1 Å². The van der Waals surface area contributed by atoms with Crippen LogP contribution in [-0.4, -0.2) is 15.4 Å². The molecule has 2 aliphatic rings. The fourth-order valence-electron chi connectivity index (χ4n) is 1.56. The molecule has 0 N–H and O–H groups in total. The van der Waals surface area contributed by atoms with Crippen molar-refractivity contribution in [2.75, 3.05) is 0 Å². The molecular weight excluding hydrogens is 451 g/mol. The fraction of sp³-hybridized carbons (Fsp3) is 0.222. The van der Waals surface area contributed by atoms with Gasteiger partial charge in [0.15, 0.2) is 0 Å². The Hall–Kier alpha value is 0.186. The molecule has 1 aromatic carbocycles. The van der Waals surface area contributed by atoms with E-state index in [1.807, 2.05) is 18.2 Å². The van der Waals surface area contributed by atoms with Gasteiger partial charge in [-0.05, 0) is 0 Å². The molecule has 0 unspecified atom stereocenters. The monoisotopic (exact) mass is 471 g/mol. The third kappa shape index (κ3) is 12.7. The predicted octanol–water partition coefficient (Wildman–Crippen LogP) is -1.34. The Balaban J connectivity index is -0.000000283. The molecule has 0 atom stereocenters. The minimum Gasteiger partial charge on any atom is -1.00 e. The number of rotatable bonds is 1. The van der Waals surface area contributed by atoms with Crippen LogP contribution in [0.2, 0.25) is 11.5 Å². The van der Waals surface area contributed by atoms with Crippen LogP contribution < -0.4 is 24.8 Å². The summed E-state index contributed by atoms with van der Waals surface area (Å²) in [5.41, 5.74) is 2.49. The molecular formula is C18H21Cl2GeZr. The summed E-state index contributed by atoms with van der Waals surface area (Å²) in [6.07, 6.45) is 18.5. The predicted molar refractivity (Wildman–Crippen MR) is 87.3 cm³/mol. The normalized spacial score (nSPS) is 12.4. The van der Waals surface area contributed by atoms with Gasteiger partial charge in [-0.15, -0.1) is 30.2 Å². The first-order valence-corrected chi connectivity index (χ1v) is 11.5. The van der Waals surface area contributed by atoms with Crippen LogP contribution in [0.1, 0.15) is 18.4 Å². The van der Waals surface area contributed by atoms with Gasteiger partial charge in [0.2, 0.25) is 0 Å². The van der Waals surface area contributed by atoms with Crippen LogP contribution in [0.5, 0.6) is 0 Å². The van der Waals surface area contributed by atoms with Gasteiger partial charge in [0.25, 0.3) is 0 Å². The van der Waals surface area contributed by atoms with Crippen molar-refractivity contribution in [3.05, 3.63) is 78.4 Å². The number of hydrogen-bond donors (Lipinski definition) is 0. The first kappa shape index (κ1) is 27.1. The molecule has 0 bridgehead atoms. The first-order chi connectivity index (χ1) is 9.38. The molecule has 0 heterocycles. The summed E-state index contributed by atoms with van der Waals surface area (Å²) in [7, 11) is 0. The van der Waals surface area contributed by atoms with Crippen molar-refractivity contribution in [2.24, 2.45) is 0 Å².